The Morgan fingerprint density at radius 3 is 0.654 bits per heavy atom. The number of benzene rings is 8. The minimum atomic E-state index is -0.961. The van der Waals surface area contributed by atoms with Crippen LogP contribution in [-0.2, 0) is 57.3 Å². The summed E-state index contributed by atoms with van der Waals surface area (Å²) in [6, 6.07) is 49.6. The summed E-state index contributed by atoms with van der Waals surface area (Å²) in [7, 11) is 0. The van der Waals surface area contributed by atoms with Gasteiger partial charge in [-0.3, -0.25) is 0 Å². The van der Waals surface area contributed by atoms with Crippen LogP contribution in [0.4, 0.5) is 0 Å². The Morgan fingerprint density at radius 1 is 0.240 bits per heavy atom. The van der Waals surface area contributed by atoms with Gasteiger partial charge in [-0.05, 0) is 141 Å². The van der Waals surface area contributed by atoms with Crippen molar-refractivity contribution in [1.29, 1.82) is 0 Å². The minimum Gasteiger partial charge on any atom is -0.491 e. The highest BCUT2D eigenvalue weighted by Crippen LogP contribution is 2.29. The van der Waals surface area contributed by atoms with Crippen molar-refractivity contribution in [2.24, 2.45) is 0 Å². The summed E-state index contributed by atoms with van der Waals surface area (Å²) in [6.07, 6.45) is 4.70. The standard InChI is InChI=1S/C24H26O8.C22H24O8.C18H14O4.C16H12O4/c1-3-23(27)31-15-19(25)13-29-21-9-5-17(6-10-21)18-7-11-22(12-8-18)30-14-20(26)16-32-24(28)4-2;1-3-21(25)29-13-17(23)11-27-19-7-5-16-10-20(8-6-15(16)9-19)28-12-18(24)14-30-22(26)4-2;1-3-17(19)21-15-9-5-13(6-10-15)14-7-11-16(12-8-14)22-18(20)4-2;1-3-15(17)19-13-7-5-12-10-14(20-16(18)4-2)8-6-11(12)9-13/h3-12,19-20,25-26H,1-2,13-16H2;3-10,17-18,23-24H,1-2,11-14H2;3-12H,1-2H2;3-10H,1-2H2. The van der Waals surface area contributed by atoms with Gasteiger partial charge in [-0.25, -0.2) is 38.4 Å². The van der Waals surface area contributed by atoms with Crippen LogP contribution < -0.4 is 37.9 Å². The molecule has 0 aliphatic carbocycles. The summed E-state index contributed by atoms with van der Waals surface area (Å²) in [4.78, 5) is 88.4. The largest absolute Gasteiger partial charge is 0.491 e. The molecule has 0 fully saturated rings. The molecule has 0 amide bonds. The maximum absolute atomic E-state index is 11.1. The number of hydrogen-bond donors (Lipinski definition) is 4. The zero-order chi connectivity index (χ0) is 75.8. The van der Waals surface area contributed by atoms with Gasteiger partial charge in [0.15, 0.2) is 0 Å². The van der Waals surface area contributed by atoms with E-state index in [1.165, 1.54) is 0 Å². The SMILES string of the molecule is C=CC(=O)OCC(O)COc1ccc(-c2ccc(OCC(O)COC(=O)C=C)cc2)cc1.C=CC(=O)OCC(O)COc1ccc2cc(OCC(O)COC(=O)C=C)ccc2c1.C=CC(=O)Oc1ccc(-c2ccc(OC(=O)C=C)cc2)cc1.C=CC(=O)Oc1ccc2cc(OC(=O)C=C)ccc2c1. The number of fused-ring (bicyclic) bond motifs is 2. The van der Waals surface area contributed by atoms with E-state index in [1.807, 2.05) is 60.7 Å². The first-order valence-corrected chi connectivity index (χ1v) is 31.3. The molecule has 0 radical (unpaired) electrons. The van der Waals surface area contributed by atoms with E-state index in [0.717, 1.165) is 92.4 Å². The molecule has 24 nitrogen and oxygen atoms in total. The second-order valence-electron chi connectivity index (χ2n) is 21.1. The summed E-state index contributed by atoms with van der Waals surface area (Å²) < 4.78 is 61.1. The van der Waals surface area contributed by atoms with E-state index >= 15 is 0 Å². The molecule has 4 atom stereocenters. The maximum atomic E-state index is 11.1. The number of rotatable bonds is 34. The van der Waals surface area contributed by atoms with Crippen LogP contribution in [0, 0.1) is 0 Å². The third-order valence-electron chi connectivity index (χ3n) is 13.3. The van der Waals surface area contributed by atoms with Gasteiger partial charge in [-0.15, -0.1) is 0 Å². The Hall–Kier alpha value is -13.0. The molecule has 8 aromatic carbocycles. The molecule has 0 aliphatic rings. The topological polar surface area (TPSA) is 328 Å². The predicted octanol–water partition coefficient (Wildman–Crippen LogP) is 10.6. The predicted molar refractivity (Wildman–Crippen MR) is 386 cm³/mol. The fourth-order valence-corrected chi connectivity index (χ4v) is 8.17. The van der Waals surface area contributed by atoms with Gasteiger partial charge in [0.1, 0.15) is 123 Å². The second kappa shape index (κ2) is 44.2. The van der Waals surface area contributed by atoms with Gasteiger partial charge in [-0.2, -0.15) is 0 Å². The molecule has 4 N–H and O–H groups in total. The van der Waals surface area contributed by atoms with Crippen LogP contribution in [0.15, 0.2) is 271 Å². The lowest BCUT2D eigenvalue weighted by molar-refractivity contribution is -0.142. The number of carbonyl (C=O) groups excluding carboxylic acids is 8. The zero-order valence-electron chi connectivity index (χ0n) is 56.4. The molecule has 0 aromatic heterocycles. The van der Waals surface area contributed by atoms with E-state index in [-0.39, 0.29) is 52.9 Å². The lowest BCUT2D eigenvalue weighted by Crippen LogP contribution is -2.24. The fourth-order valence-electron chi connectivity index (χ4n) is 8.17. The molecule has 24 heteroatoms. The Bertz CT molecular complexity index is 4000. The van der Waals surface area contributed by atoms with Crippen molar-refractivity contribution in [2.45, 2.75) is 24.4 Å². The van der Waals surface area contributed by atoms with Crippen molar-refractivity contribution in [1.82, 2.24) is 0 Å². The summed E-state index contributed by atoms with van der Waals surface area (Å²) in [5.74, 6) is -0.468. The van der Waals surface area contributed by atoms with Gasteiger partial charge in [0, 0.05) is 48.6 Å². The average molecular weight is 1420 g/mol. The number of aliphatic hydroxyl groups is 4. The van der Waals surface area contributed by atoms with Crippen LogP contribution in [-0.4, -0.2) is 145 Å². The van der Waals surface area contributed by atoms with Crippen molar-refractivity contribution >= 4 is 69.3 Å². The Kier molecular flexibility index (Phi) is 34.7. The Labute approximate surface area is 599 Å². The number of esters is 8. The normalized spacial score (nSPS) is 11.3. The minimum absolute atomic E-state index is 0.0194. The average Bonchev–Trinajstić information content (AvgIpc) is 1.87. The highest BCUT2D eigenvalue weighted by molar-refractivity contribution is 5.90. The molecular weight excluding hydrogens is 1340 g/mol. The van der Waals surface area contributed by atoms with E-state index in [9.17, 15) is 58.8 Å². The number of carbonyl (C=O) groups is 8. The molecule has 4 unspecified atom stereocenters. The monoisotopic (exact) mass is 1420 g/mol. The first-order valence-electron chi connectivity index (χ1n) is 31.3. The van der Waals surface area contributed by atoms with Crippen molar-refractivity contribution in [3.05, 3.63) is 271 Å². The molecule has 0 bridgehead atoms. The van der Waals surface area contributed by atoms with Crippen molar-refractivity contribution in [3.63, 3.8) is 0 Å². The van der Waals surface area contributed by atoms with Crippen LogP contribution >= 0.6 is 0 Å². The number of hydrogen-bond acceptors (Lipinski definition) is 24. The Balaban J connectivity index is 0.000000253. The lowest BCUT2D eigenvalue weighted by Gasteiger charge is -2.14. The molecule has 0 saturated heterocycles. The van der Waals surface area contributed by atoms with E-state index in [2.05, 4.69) is 52.6 Å². The molecule has 0 aliphatic heterocycles. The first-order chi connectivity index (χ1) is 50.0. The fraction of sp³-hybridized carbons (Fsp3) is 0.150. The number of ether oxygens (including phenoxy) is 12. The van der Waals surface area contributed by atoms with Gasteiger partial charge in [0.2, 0.25) is 0 Å². The molecule has 540 valence electrons. The molecular formula is C80H76O24. The molecule has 0 heterocycles. The smallest absolute Gasteiger partial charge is 0.335 e. The van der Waals surface area contributed by atoms with Crippen LogP contribution in [0.2, 0.25) is 0 Å². The van der Waals surface area contributed by atoms with Gasteiger partial charge >= 0.3 is 47.8 Å². The Morgan fingerprint density at radius 2 is 0.423 bits per heavy atom. The van der Waals surface area contributed by atoms with Gasteiger partial charge in [0.05, 0.1) is 0 Å². The highest BCUT2D eigenvalue weighted by Gasteiger charge is 2.14. The van der Waals surface area contributed by atoms with Crippen molar-refractivity contribution in [2.75, 3.05) is 52.9 Å². The van der Waals surface area contributed by atoms with Crippen LogP contribution in [0.5, 0.6) is 46.0 Å². The molecule has 0 spiro atoms. The molecule has 8 aromatic rings. The van der Waals surface area contributed by atoms with Gasteiger partial charge in [-0.1, -0.05) is 125 Å². The van der Waals surface area contributed by atoms with Gasteiger partial charge < -0.3 is 77.3 Å². The molecule has 8 rings (SSSR count). The van der Waals surface area contributed by atoms with E-state index in [1.54, 1.807) is 109 Å². The van der Waals surface area contributed by atoms with Crippen LogP contribution in [0.3, 0.4) is 0 Å². The highest BCUT2D eigenvalue weighted by atomic mass is 16.6. The number of aliphatic hydroxyl groups excluding tert-OH is 4. The van der Waals surface area contributed by atoms with E-state index < -0.39 is 72.2 Å². The summed E-state index contributed by atoms with van der Waals surface area (Å²) in [6.45, 7) is 25.6. The van der Waals surface area contributed by atoms with Crippen molar-refractivity contribution < 1.29 is 116 Å². The van der Waals surface area contributed by atoms with Crippen LogP contribution in [0.25, 0.3) is 43.8 Å². The molecule has 104 heavy (non-hydrogen) atoms. The third-order valence-corrected chi connectivity index (χ3v) is 13.3. The summed E-state index contributed by atoms with van der Waals surface area (Å²) in [5, 5.41) is 42.6. The molecule has 0 saturated carbocycles. The third kappa shape index (κ3) is 30.2. The first kappa shape index (κ1) is 81.7. The van der Waals surface area contributed by atoms with Crippen molar-refractivity contribution in [3.8, 4) is 68.2 Å². The van der Waals surface area contributed by atoms with Gasteiger partial charge in [0.25, 0.3) is 0 Å². The quantitative estimate of drug-likeness (QED) is 0.0126. The van der Waals surface area contributed by atoms with E-state index in [4.69, 9.17) is 56.8 Å². The van der Waals surface area contributed by atoms with Crippen LogP contribution in [0.1, 0.15) is 0 Å². The summed E-state index contributed by atoms with van der Waals surface area (Å²) >= 11 is 0. The summed E-state index contributed by atoms with van der Waals surface area (Å²) in [5.41, 5.74) is 3.78. The second-order valence-corrected chi connectivity index (χ2v) is 21.1. The maximum Gasteiger partial charge on any atom is 0.335 e. The lowest BCUT2D eigenvalue weighted by atomic mass is 10.1. The zero-order valence-corrected chi connectivity index (χ0v) is 56.4. The van der Waals surface area contributed by atoms with E-state index in [0.29, 0.717) is 46.0 Å².